The molecule has 3 fully saturated rings. The lowest BCUT2D eigenvalue weighted by Gasteiger charge is -2.62. The van der Waals surface area contributed by atoms with Crippen LogP contribution in [0.2, 0.25) is 0 Å². The molecule has 1 aliphatic heterocycles. The van der Waals surface area contributed by atoms with Gasteiger partial charge in [0.25, 0.3) is 0 Å². The number of hydrogen-bond acceptors (Lipinski definition) is 3. The van der Waals surface area contributed by atoms with Crippen molar-refractivity contribution in [3.8, 4) is 0 Å². The van der Waals surface area contributed by atoms with E-state index in [2.05, 4.69) is 20.4 Å². The van der Waals surface area contributed by atoms with Crippen LogP contribution in [-0.4, -0.2) is 41.6 Å². The van der Waals surface area contributed by atoms with Crippen molar-refractivity contribution in [1.82, 2.24) is 4.90 Å². The zero-order chi connectivity index (χ0) is 15.3. The number of rotatable bonds is 4. The van der Waals surface area contributed by atoms with E-state index in [4.69, 9.17) is 10.5 Å². The van der Waals surface area contributed by atoms with Gasteiger partial charge in [-0.05, 0) is 19.3 Å². The molecule has 1 heterocycles. The molecule has 4 nitrogen and oxygen atoms in total. The van der Waals surface area contributed by atoms with Gasteiger partial charge in [0, 0.05) is 30.5 Å². The largest absolute Gasteiger partial charge is 0.377 e. The van der Waals surface area contributed by atoms with Crippen LogP contribution in [0.3, 0.4) is 0 Å². The minimum absolute atomic E-state index is 0.117. The average molecular weight is 292 g/mol. The monoisotopic (exact) mass is 292 g/mol. The van der Waals surface area contributed by atoms with Crippen molar-refractivity contribution in [3.05, 3.63) is 12.7 Å². The molecule has 3 atom stereocenters. The number of fused-ring (bicyclic) bond motifs is 1. The number of amides is 1. The van der Waals surface area contributed by atoms with Gasteiger partial charge in [-0.2, -0.15) is 0 Å². The maximum atomic E-state index is 13.3. The van der Waals surface area contributed by atoms with E-state index in [0.717, 1.165) is 25.9 Å². The van der Waals surface area contributed by atoms with E-state index < -0.39 is 5.54 Å². The average Bonchev–Trinajstić information content (AvgIpc) is 3.12. The molecular formula is C17H28N2O2. The minimum Gasteiger partial charge on any atom is -0.377 e. The molecule has 1 saturated heterocycles. The number of carbonyl (C=O) groups excluding carboxylic acids is 1. The van der Waals surface area contributed by atoms with Crippen LogP contribution in [0.4, 0.5) is 0 Å². The highest BCUT2D eigenvalue weighted by molar-refractivity contribution is 5.90. The van der Waals surface area contributed by atoms with Crippen molar-refractivity contribution in [1.29, 1.82) is 0 Å². The van der Waals surface area contributed by atoms with E-state index in [1.54, 1.807) is 0 Å². The van der Waals surface area contributed by atoms with E-state index in [1.807, 2.05) is 11.0 Å². The van der Waals surface area contributed by atoms with E-state index in [0.29, 0.717) is 12.6 Å². The first-order chi connectivity index (χ1) is 9.94. The Kier molecular flexibility index (Phi) is 3.65. The van der Waals surface area contributed by atoms with Crippen LogP contribution in [0, 0.1) is 11.3 Å². The Morgan fingerprint density at radius 1 is 1.38 bits per heavy atom. The lowest BCUT2D eigenvalue weighted by Crippen LogP contribution is -2.80. The Bertz CT molecular complexity index is 442. The van der Waals surface area contributed by atoms with Crippen molar-refractivity contribution in [2.75, 3.05) is 13.2 Å². The number of ether oxygens (including phenoxy) is 1. The molecule has 118 valence electrons. The first-order valence-corrected chi connectivity index (χ1v) is 8.27. The van der Waals surface area contributed by atoms with Gasteiger partial charge in [0.2, 0.25) is 5.91 Å². The van der Waals surface area contributed by atoms with Crippen molar-refractivity contribution in [2.45, 2.75) is 63.6 Å². The zero-order valence-corrected chi connectivity index (χ0v) is 13.3. The molecule has 0 aromatic heterocycles. The molecule has 2 saturated carbocycles. The summed E-state index contributed by atoms with van der Waals surface area (Å²) in [4.78, 5) is 15.3. The first-order valence-electron chi connectivity index (χ1n) is 8.27. The number of carbonyl (C=O) groups is 1. The second-order valence-corrected chi connectivity index (χ2v) is 7.46. The topological polar surface area (TPSA) is 55.6 Å². The van der Waals surface area contributed by atoms with Crippen molar-refractivity contribution < 1.29 is 9.53 Å². The third-order valence-electron chi connectivity index (χ3n) is 6.16. The van der Waals surface area contributed by atoms with Crippen LogP contribution in [-0.2, 0) is 9.53 Å². The standard InChI is InChI=1S/C17H28N2O2/c1-4-10-19(12-7-5-6-8-12)15(20)17(18)13-9-11-21-14(13)16(17,2)3/h4,12-14H,1,5-11,18H2,2-3H3. The van der Waals surface area contributed by atoms with E-state index in [-0.39, 0.29) is 23.3 Å². The summed E-state index contributed by atoms with van der Waals surface area (Å²) < 4.78 is 5.81. The summed E-state index contributed by atoms with van der Waals surface area (Å²) in [6.07, 6.45) is 7.49. The SMILES string of the molecule is C=CCN(C(=O)C1(N)C2CCOC2C1(C)C)C1CCCC1. The number of nitrogens with two attached hydrogens (primary N) is 1. The Morgan fingerprint density at radius 3 is 2.67 bits per heavy atom. The van der Waals surface area contributed by atoms with Gasteiger partial charge in [-0.15, -0.1) is 6.58 Å². The molecule has 2 N–H and O–H groups in total. The van der Waals surface area contributed by atoms with Gasteiger partial charge in [-0.1, -0.05) is 32.8 Å². The van der Waals surface area contributed by atoms with Crippen LogP contribution in [0.1, 0.15) is 46.0 Å². The third kappa shape index (κ3) is 1.92. The predicted molar refractivity (Wildman–Crippen MR) is 82.7 cm³/mol. The van der Waals surface area contributed by atoms with Gasteiger partial charge in [0.15, 0.2) is 0 Å². The Balaban J connectivity index is 1.86. The molecule has 0 aromatic rings. The van der Waals surface area contributed by atoms with Crippen molar-refractivity contribution in [3.63, 3.8) is 0 Å². The van der Waals surface area contributed by atoms with Gasteiger partial charge < -0.3 is 15.4 Å². The molecule has 0 aromatic carbocycles. The van der Waals surface area contributed by atoms with Crippen LogP contribution in [0.5, 0.6) is 0 Å². The number of hydrogen-bond donors (Lipinski definition) is 1. The zero-order valence-electron chi connectivity index (χ0n) is 13.3. The fourth-order valence-electron chi connectivity index (χ4n) is 4.81. The molecule has 3 rings (SSSR count). The summed E-state index contributed by atoms with van der Waals surface area (Å²) in [6.45, 7) is 9.33. The van der Waals surface area contributed by atoms with Crippen molar-refractivity contribution in [2.24, 2.45) is 17.1 Å². The van der Waals surface area contributed by atoms with Crippen LogP contribution in [0.15, 0.2) is 12.7 Å². The van der Waals surface area contributed by atoms with Crippen LogP contribution < -0.4 is 5.73 Å². The molecular weight excluding hydrogens is 264 g/mol. The maximum Gasteiger partial charge on any atom is 0.244 e. The van der Waals surface area contributed by atoms with Gasteiger partial charge in [-0.25, -0.2) is 0 Å². The molecule has 0 radical (unpaired) electrons. The van der Waals surface area contributed by atoms with Gasteiger partial charge in [0.1, 0.15) is 5.54 Å². The highest BCUT2D eigenvalue weighted by Gasteiger charge is 2.72. The third-order valence-corrected chi connectivity index (χ3v) is 6.16. The quantitative estimate of drug-likeness (QED) is 0.807. The molecule has 4 heteroatoms. The lowest BCUT2D eigenvalue weighted by atomic mass is 9.47. The number of nitrogens with zero attached hydrogens (tertiary/aromatic N) is 1. The summed E-state index contributed by atoms with van der Waals surface area (Å²) in [5.41, 5.74) is 5.64. The summed E-state index contributed by atoms with van der Waals surface area (Å²) in [5, 5.41) is 0. The predicted octanol–water partition coefficient (Wildman–Crippen LogP) is 2.09. The summed E-state index contributed by atoms with van der Waals surface area (Å²) >= 11 is 0. The fourth-order valence-corrected chi connectivity index (χ4v) is 4.81. The summed E-state index contributed by atoms with van der Waals surface area (Å²) in [7, 11) is 0. The van der Waals surface area contributed by atoms with Crippen molar-refractivity contribution >= 4 is 5.91 Å². The van der Waals surface area contributed by atoms with E-state index in [9.17, 15) is 4.79 Å². The molecule has 3 unspecified atom stereocenters. The maximum absolute atomic E-state index is 13.3. The smallest absolute Gasteiger partial charge is 0.244 e. The normalized spacial score (nSPS) is 37.9. The lowest BCUT2D eigenvalue weighted by molar-refractivity contribution is -0.185. The molecule has 21 heavy (non-hydrogen) atoms. The van der Waals surface area contributed by atoms with Gasteiger partial charge in [0.05, 0.1) is 6.10 Å². The highest BCUT2D eigenvalue weighted by atomic mass is 16.5. The van der Waals surface area contributed by atoms with E-state index in [1.165, 1.54) is 12.8 Å². The molecule has 0 bridgehead atoms. The molecule has 2 aliphatic carbocycles. The van der Waals surface area contributed by atoms with Crippen LogP contribution >= 0.6 is 0 Å². The minimum atomic E-state index is -0.778. The summed E-state index contributed by atoms with van der Waals surface area (Å²) in [6, 6.07) is 0.341. The Morgan fingerprint density at radius 2 is 2.05 bits per heavy atom. The first kappa shape index (κ1) is 15.0. The van der Waals surface area contributed by atoms with E-state index >= 15 is 0 Å². The fraction of sp³-hybridized carbons (Fsp3) is 0.824. The molecule has 3 aliphatic rings. The van der Waals surface area contributed by atoms with Crippen LogP contribution in [0.25, 0.3) is 0 Å². The Hall–Kier alpha value is -0.870. The summed E-state index contributed by atoms with van der Waals surface area (Å²) in [5.74, 6) is 0.291. The second kappa shape index (κ2) is 5.10. The highest BCUT2D eigenvalue weighted by Crippen LogP contribution is 2.58. The molecule has 1 amide bonds. The van der Waals surface area contributed by atoms with Gasteiger partial charge in [-0.3, -0.25) is 4.79 Å². The molecule has 0 spiro atoms. The van der Waals surface area contributed by atoms with Gasteiger partial charge >= 0.3 is 0 Å². The Labute approximate surface area is 127 Å². The second-order valence-electron chi connectivity index (χ2n) is 7.46.